The molecule has 3 rings (SSSR count). The number of H-pyrrole nitrogens is 1. The quantitative estimate of drug-likeness (QED) is 0.506. The molecule has 0 atom stereocenters. The highest BCUT2D eigenvalue weighted by Gasteiger charge is 2.04. The average molecular weight is 288 g/mol. The maximum absolute atomic E-state index is 6.04. The molecule has 5 heteroatoms. The van der Waals surface area contributed by atoms with Crippen LogP contribution in [0.1, 0.15) is 11.3 Å². The van der Waals surface area contributed by atoms with E-state index in [1.165, 1.54) is 6.33 Å². The average Bonchev–Trinajstić information content (AvgIpc) is 2.82. The van der Waals surface area contributed by atoms with Gasteiger partial charge in [0.1, 0.15) is 17.1 Å². The minimum absolute atomic E-state index is 0.409. The van der Waals surface area contributed by atoms with E-state index in [0.717, 1.165) is 16.6 Å². The Kier molecular flexibility index (Phi) is 3.12. The Morgan fingerprint density at radius 1 is 1.05 bits per heavy atom. The number of aromatic nitrogens is 3. The number of hydrogen-bond donors (Lipinski definition) is 1. The van der Waals surface area contributed by atoms with E-state index < -0.39 is 0 Å². The number of rotatable bonds is 0. The van der Waals surface area contributed by atoms with Crippen molar-refractivity contribution in [1.29, 1.82) is 0 Å². The number of fused-ring (bicyclic) bond motifs is 1. The first kappa shape index (κ1) is 12.0. The van der Waals surface area contributed by atoms with Gasteiger partial charge in [-0.25, -0.2) is 9.97 Å². The van der Waals surface area contributed by atoms with Crippen LogP contribution in [0.25, 0.3) is 11.0 Å². The van der Waals surface area contributed by atoms with Gasteiger partial charge in [0, 0.05) is 5.56 Å². The van der Waals surface area contributed by atoms with Gasteiger partial charge in [-0.15, -0.1) is 0 Å². The zero-order valence-electron chi connectivity index (χ0n) is 9.61. The molecule has 2 heterocycles. The van der Waals surface area contributed by atoms with Crippen molar-refractivity contribution in [2.45, 2.75) is 0 Å². The molecule has 0 spiro atoms. The highest BCUT2D eigenvalue weighted by atomic mass is 35.5. The Bertz CT molecular complexity index is 812. The van der Waals surface area contributed by atoms with Crippen molar-refractivity contribution in [3.05, 3.63) is 58.1 Å². The van der Waals surface area contributed by atoms with E-state index in [0.29, 0.717) is 15.8 Å². The second kappa shape index (κ2) is 4.93. The zero-order chi connectivity index (χ0) is 13.2. The van der Waals surface area contributed by atoms with Crippen LogP contribution in [0, 0.1) is 11.8 Å². The van der Waals surface area contributed by atoms with Crippen LogP contribution in [0.2, 0.25) is 10.2 Å². The van der Waals surface area contributed by atoms with Gasteiger partial charge in [0.15, 0.2) is 0 Å². The molecular weight excluding hydrogens is 281 g/mol. The van der Waals surface area contributed by atoms with Gasteiger partial charge in [-0.1, -0.05) is 41.3 Å². The van der Waals surface area contributed by atoms with Crippen LogP contribution in [-0.2, 0) is 0 Å². The normalized spacial score (nSPS) is 10.2. The topological polar surface area (TPSA) is 41.6 Å². The first-order valence-corrected chi connectivity index (χ1v) is 6.25. The van der Waals surface area contributed by atoms with Crippen LogP contribution in [-0.4, -0.2) is 15.0 Å². The first-order valence-electron chi connectivity index (χ1n) is 5.50. The number of hydrogen-bond acceptors (Lipinski definition) is 2. The third-order valence-corrected chi connectivity index (χ3v) is 3.21. The fourth-order valence-corrected chi connectivity index (χ4v) is 2.04. The molecule has 0 unspecified atom stereocenters. The summed E-state index contributed by atoms with van der Waals surface area (Å²) in [7, 11) is 0. The molecule has 0 aliphatic rings. The van der Waals surface area contributed by atoms with Crippen LogP contribution in [0.5, 0.6) is 0 Å². The lowest BCUT2D eigenvalue weighted by Crippen LogP contribution is -1.80. The van der Waals surface area contributed by atoms with E-state index >= 15 is 0 Å². The lowest BCUT2D eigenvalue weighted by molar-refractivity contribution is 1.20. The summed E-state index contributed by atoms with van der Waals surface area (Å²) >= 11 is 12.0. The third kappa shape index (κ3) is 2.41. The molecule has 1 N–H and O–H groups in total. The fourth-order valence-electron chi connectivity index (χ4n) is 1.67. The van der Waals surface area contributed by atoms with Gasteiger partial charge in [-0.3, -0.25) is 0 Å². The molecule has 2 aromatic heterocycles. The van der Waals surface area contributed by atoms with Gasteiger partial charge < -0.3 is 4.98 Å². The molecule has 0 amide bonds. The summed E-state index contributed by atoms with van der Waals surface area (Å²) in [5.41, 5.74) is 2.17. The van der Waals surface area contributed by atoms with Crippen LogP contribution in [0.15, 0.2) is 36.7 Å². The lowest BCUT2D eigenvalue weighted by Gasteiger charge is -1.91. The number of aromatic amines is 1. The summed E-state index contributed by atoms with van der Waals surface area (Å²) in [6, 6.07) is 9.25. The van der Waals surface area contributed by atoms with Gasteiger partial charge in [0.25, 0.3) is 0 Å². The van der Waals surface area contributed by atoms with Gasteiger partial charge in [0.2, 0.25) is 0 Å². The van der Waals surface area contributed by atoms with E-state index in [9.17, 15) is 0 Å². The summed E-state index contributed by atoms with van der Waals surface area (Å²) < 4.78 is 0. The minimum atomic E-state index is 0.409. The Hall–Kier alpha value is -2.02. The third-order valence-electron chi connectivity index (χ3n) is 2.58. The first-order chi connectivity index (χ1) is 9.24. The van der Waals surface area contributed by atoms with Gasteiger partial charge in [0.05, 0.1) is 16.1 Å². The van der Waals surface area contributed by atoms with Crippen molar-refractivity contribution in [2.24, 2.45) is 0 Å². The number of benzene rings is 1. The number of nitrogens with zero attached hydrogens (tertiary/aromatic N) is 2. The van der Waals surface area contributed by atoms with Crippen molar-refractivity contribution in [3.8, 4) is 11.8 Å². The lowest BCUT2D eigenvalue weighted by atomic mass is 10.2. The summed E-state index contributed by atoms with van der Waals surface area (Å²) in [5.74, 6) is 6.01. The molecule has 3 aromatic rings. The van der Waals surface area contributed by atoms with Gasteiger partial charge in [-0.2, -0.15) is 0 Å². The van der Waals surface area contributed by atoms with Crippen molar-refractivity contribution in [2.75, 3.05) is 0 Å². The monoisotopic (exact) mass is 287 g/mol. The summed E-state index contributed by atoms with van der Waals surface area (Å²) in [6.07, 6.45) is 1.41. The molecular formula is C14H7Cl2N3. The molecule has 19 heavy (non-hydrogen) atoms. The zero-order valence-corrected chi connectivity index (χ0v) is 11.1. The molecule has 0 radical (unpaired) electrons. The van der Waals surface area contributed by atoms with Gasteiger partial charge >= 0.3 is 0 Å². The van der Waals surface area contributed by atoms with Crippen molar-refractivity contribution in [3.63, 3.8) is 0 Å². The Labute approximate surface area is 119 Å². The predicted octanol–water partition coefficient (Wildman–Crippen LogP) is 3.66. The second-order valence-corrected chi connectivity index (χ2v) is 4.60. The van der Waals surface area contributed by atoms with Crippen molar-refractivity contribution in [1.82, 2.24) is 15.0 Å². The van der Waals surface area contributed by atoms with E-state index in [2.05, 4.69) is 26.8 Å². The highest BCUT2D eigenvalue weighted by molar-refractivity contribution is 6.34. The largest absolute Gasteiger partial charge is 0.333 e. The second-order valence-electron chi connectivity index (χ2n) is 3.84. The molecule has 0 fully saturated rings. The highest BCUT2D eigenvalue weighted by Crippen LogP contribution is 2.19. The van der Waals surface area contributed by atoms with E-state index in [1.807, 2.05) is 24.3 Å². The van der Waals surface area contributed by atoms with Crippen molar-refractivity contribution >= 4 is 34.2 Å². The summed E-state index contributed by atoms with van der Waals surface area (Å²) in [4.78, 5) is 11.1. The molecule has 0 aliphatic heterocycles. The van der Waals surface area contributed by atoms with E-state index in [1.54, 1.807) is 6.07 Å². The molecule has 1 aromatic carbocycles. The van der Waals surface area contributed by atoms with Crippen LogP contribution >= 0.6 is 23.2 Å². The smallest absolute Gasteiger partial charge is 0.143 e. The Morgan fingerprint density at radius 3 is 2.68 bits per heavy atom. The molecule has 92 valence electrons. The Morgan fingerprint density at radius 2 is 1.89 bits per heavy atom. The van der Waals surface area contributed by atoms with E-state index in [4.69, 9.17) is 23.2 Å². The van der Waals surface area contributed by atoms with E-state index in [-0.39, 0.29) is 0 Å². The van der Waals surface area contributed by atoms with Crippen molar-refractivity contribution < 1.29 is 0 Å². The molecule has 0 saturated heterocycles. The van der Waals surface area contributed by atoms with Gasteiger partial charge in [-0.05, 0) is 24.1 Å². The molecule has 0 bridgehead atoms. The maximum atomic E-state index is 6.04. The number of nitrogens with one attached hydrogen (secondary N) is 1. The summed E-state index contributed by atoms with van der Waals surface area (Å²) in [5, 5.41) is 1.80. The number of halogens is 2. The predicted molar refractivity (Wildman–Crippen MR) is 76.3 cm³/mol. The van der Waals surface area contributed by atoms with Crippen LogP contribution in [0.3, 0.4) is 0 Å². The maximum Gasteiger partial charge on any atom is 0.143 e. The molecule has 0 aliphatic carbocycles. The summed E-state index contributed by atoms with van der Waals surface area (Å²) in [6.45, 7) is 0. The molecule has 3 nitrogen and oxygen atoms in total. The SMILES string of the molecule is Clc1ccccc1C#Cc1cc2c(Cl)ncnc2[nH]1. The molecule has 0 saturated carbocycles. The van der Waals surface area contributed by atoms with Crippen LogP contribution in [0.4, 0.5) is 0 Å². The standard InChI is InChI=1S/C14H7Cl2N3/c15-12-4-2-1-3-9(12)5-6-10-7-11-13(16)17-8-18-14(11)19-10/h1-4,7-8H,(H,17,18,19). The van der Waals surface area contributed by atoms with Crippen LogP contribution < -0.4 is 0 Å². The fraction of sp³-hybridized carbons (Fsp3) is 0. The minimum Gasteiger partial charge on any atom is -0.333 e. The Balaban J connectivity index is 2.03.